The van der Waals surface area contributed by atoms with Crippen LogP contribution in [-0.4, -0.2) is 59.6 Å². The van der Waals surface area contributed by atoms with Crippen LogP contribution in [-0.2, 0) is 32.4 Å². The molecule has 0 radical (unpaired) electrons. The van der Waals surface area contributed by atoms with E-state index in [4.69, 9.17) is 14.1 Å². The number of carboxylic acid groups (broad SMARTS) is 1. The first kappa shape index (κ1) is 33.5. The second-order valence-electron chi connectivity index (χ2n) is 11.6. The molecule has 15 heteroatoms. The van der Waals surface area contributed by atoms with Gasteiger partial charge in [0.15, 0.2) is 5.01 Å². The third-order valence-electron chi connectivity index (χ3n) is 7.18. The highest BCUT2D eigenvalue weighted by Crippen LogP contribution is 2.42. The fraction of sp³-hybridized carbons (Fsp3) is 0.448. The number of ether oxygens (including phenoxy) is 1. The van der Waals surface area contributed by atoms with Crippen molar-refractivity contribution in [3.05, 3.63) is 48.0 Å². The van der Waals surface area contributed by atoms with E-state index < -0.39 is 45.6 Å². The van der Waals surface area contributed by atoms with Crippen LogP contribution in [0, 0.1) is 5.41 Å². The zero-order valence-electron chi connectivity index (χ0n) is 24.9. The zero-order valence-corrected chi connectivity index (χ0v) is 26.6. The number of carbonyl (C=O) groups is 1. The molecule has 0 fully saturated rings. The lowest BCUT2D eigenvalue weighted by Crippen LogP contribution is -2.44. The second-order valence-corrected chi connectivity index (χ2v) is 14.3. The minimum absolute atomic E-state index is 0.00103. The topological polar surface area (TPSA) is 145 Å². The highest BCUT2D eigenvalue weighted by atomic mass is 32.2. The Kier molecular flexibility index (Phi) is 9.27. The summed E-state index contributed by atoms with van der Waals surface area (Å²) in [5, 5.41) is 18.6. The smallest absolute Gasteiger partial charge is 0.404 e. The molecule has 238 valence electrons. The zero-order chi connectivity index (χ0) is 32.7. The second kappa shape index (κ2) is 12.2. The highest BCUT2D eigenvalue weighted by Gasteiger charge is 2.41. The van der Waals surface area contributed by atoms with Crippen LogP contribution in [0.5, 0.6) is 0 Å². The molecule has 0 unspecified atom stereocenters. The van der Waals surface area contributed by atoms with E-state index in [-0.39, 0.29) is 28.5 Å². The van der Waals surface area contributed by atoms with Crippen molar-refractivity contribution in [1.29, 1.82) is 0 Å². The van der Waals surface area contributed by atoms with Crippen LogP contribution in [0.25, 0.3) is 32.1 Å². The molecule has 2 N–H and O–H groups in total. The largest absolute Gasteiger partial charge is 0.481 e. The van der Waals surface area contributed by atoms with Crippen molar-refractivity contribution in [2.24, 2.45) is 5.41 Å². The van der Waals surface area contributed by atoms with Gasteiger partial charge < -0.3 is 14.3 Å². The average molecular weight is 655 g/mol. The van der Waals surface area contributed by atoms with Gasteiger partial charge in [0.2, 0.25) is 15.9 Å². The van der Waals surface area contributed by atoms with E-state index in [0.29, 0.717) is 32.9 Å². The number of fused-ring (bicyclic) bond motifs is 1. The maximum absolute atomic E-state index is 13.4. The number of halogens is 3. The number of hydrogen-bond donors (Lipinski definition) is 2. The number of aliphatic carboxylic acids is 1. The van der Waals surface area contributed by atoms with Gasteiger partial charge >= 0.3 is 12.1 Å². The molecule has 2 aromatic heterocycles. The first-order valence-electron chi connectivity index (χ1n) is 13.6. The molecule has 0 spiro atoms. The van der Waals surface area contributed by atoms with E-state index in [0.717, 1.165) is 0 Å². The van der Waals surface area contributed by atoms with Crippen LogP contribution < -0.4 is 4.72 Å². The predicted molar refractivity (Wildman–Crippen MR) is 159 cm³/mol. The molecule has 0 aliphatic carbocycles. The molecular formula is C29H33F3N4O6S2. The van der Waals surface area contributed by atoms with Crippen LogP contribution >= 0.6 is 11.3 Å². The number of rotatable bonds is 12. The van der Waals surface area contributed by atoms with E-state index in [1.807, 2.05) is 18.6 Å². The van der Waals surface area contributed by atoms with Crippen molar-refractivity contribution in [3.8, 4) is 21.3 Å². The summed E-state index contributed by atoms with van der Waals surface area (Å²) in [5.74, 6) is -0.812. The van der Waals surface area contributed by atoms with E-state index in [1.165, 1.54) is 30.4 Å². The molecule has 0 amide bonds. The fourth-order valence-electron chi connectivity index (χ4n) is 4.45. The lowest BCUT2D eigenvalue weighted by atomic mass is 9.90. The number of methoxy groups -OCH3 is 1. The van der Waals surface area contributed by atoms with Crippen LogP contribution in [0.1, 0.15) is 52.6 Å². The highest BCUT2D eigenvalue weighted by molar-refractivity contribution is 7.89. The summed E-state index contributed by atoms with van der Waals surface area (Å²) in [5.41, 5.74) is -0.607. The van der Waals surface area contributed by atoms with Gasteiger partial charge in [-0.05, 0) is 45.6 Å². The van der Waals surface area contributed by atoms with Gasteiger partial charge in [-0.1, -0.05) is 37.3 Å². The number of benzene rings is 2. The number of thiazole rings is 1. The van der Waals surface area contributed by atoms with E-state index in [1.54, 1.807) is 45.2 Å². The predicted octanol–water partition coefficient (Wildman–Crippen LogP) is 6.25. The summed E-state index contributed by atoms with van der Waals surface area (Å²) < 4.78 is 80.1. The van der Waals surface area contributed by atoms with Crippen molar-refractivity contribution in [1.82, 2.24) is 19.9 Å². The van der Waals surface area contributed by atoms with Gasteiger partial charge in [0.25, 0.3) is 5.89 Å². The summed E-state index contributed by atoms with van der Waals surface area (Å²) in [6, 6.07) is 7.13. The Hall–Kier alpha value is -3.40. The van der Waals surface area contributed by atoms with Gasteiger partial charge in [-0.15, -0.1) is 21.5 Å². The maximum Gasteiger partial charge on any atom is 0.404 e. The summed E-state index contributed by atoms with van der Waals surface area (Å²) in [4.78, 5) is 16.7. The summed E-state index contributed by atoms with van der Waals surface area (Å²) in [7, 11) is -2.99. The average Bonchev–Trinajstić information content (AvgIpc) is 3.56. The number of carboxylic acids is 1. The Morgan fingerprint density at radius 2 is 1.73 bits per heavy atom. The van der Waals surface area contributed by atoms with Gasteiger partial charge in [-0.2, -0.15) is 17.9 Å². The number of nitrogens with zero attached hydrogens (tertiary/aromatic N) is 3. The minimum atomic E-state index is -4.75. The minimum Gasteiger partial charge on any atom is -0.481 e. The van der Waals surface area contributed by atoms with Gasteiger partial charge in [0, 0.05) is 30.9 Å². The molecule has 0 saturated heterocycles. The van der Waals surface area contributed by atoms with Crippen LogP contribution in [0.2, 0.25) is 0 Å². The Morgan fingerprint density at radius 3 is 2.32 bits per heavy atom. The quantitative estimate of drug-likeness (QED) is 0.181. The first-order chi connectivity index (χ1) is 20.4. The van der Waals surface area contributed by atoms with Gasteiger partial charge in [-0.25, -0.2) is 13.4 Å². The number of sulfonamides is 1. The Labute approximate surface area is 256 Å². The van der Waals surface area contributed by atoms with Crippen LogP contribution in [0.4, 0.5) is 13.2 Å². The van der Waals surface area contributed by atoms with Crippen molar-refractivity contribution in [2.75, 3.05) is 7.11 Å². The number of alkyl halides is 3. The summed E-state index contributed by atoms with van der Waals surface area (Å²) in [6.45, 7) is 8.09. The number of nitrogens with one attached hydrogen (secondary N) is 1. The third-order valence-corrected chi connectivity index (χ3v) is 9.83. The molecule has 10 nitrogen and oxygen atoms in total. The molecule has 44 heavy (non-hydrogen) atoms. The maximum atomic E-state index is 13.4. The Bertz CT molecular complexity index is 1780. The fourth-order valence-corrected chi connectivity index (χ4v) is 7.01. The Morgan fingerprint density at radius 1 is 1.07 bits per heavy atom. The van der Waals surface area contributed by atoms with Crippen molar-refractivity contribution in [2.45, 2.75) is 76.6 Å². The number of aromatic nitrogens is 3. The van der Waals surface area contributed by atoms with Gasteiger partial charge in [-0.3, -0.25) is 4.79 Å². The monoisotopic (exact) mass is 654 g/mol. The third kappa shape index (κ3) is 7.11. The van der Waals surface area contributed by atoms with Crippen LogP contribution in [0.15, 0.2) is 45.7 Å². The molecule has 0 aliphatic heterocycles. The molecule has 1 atom stereocenters. The molecule has 0 bridgehead atoms. The lowest BCUT2D eigenvalue weighted by Gasteiger charge is -2.22. The molecule has 2 heterocycles. The summed E-state index contributed by atoms with van der Waals surface area (Å²) >= 11 is 1.21. The van der Waals surface area contributed by atoms with Gasteiger partial charge in [0.05, 0.1) is 26.5 Å². The molecule has 0 aliphatic rings. The normalized spacial score (nSPS) is 13.8. The number of hydrogen-bond acceptors (Lipinski definition) is 9. The molecular weight excluding hydrogens is 621 g/mol. The van der Waals surface area contributed by atoms with Crippen LogP contribution in [0.3, 0.4) is 0 Å². The molecule has 2 aromatic carbocycles. The first-order valence-corrected chi connectivity index (χ1v) is 15.9. The van der Waals surface area contributed by atoms with Gasteiger partial charge in [0.1, 0.15) is 6.04 Å². The summed E-state index contributed by atoms with van der Waals surface area (Å²) in [6.07, 6.45) is -4.88. The standard InChI is InChI=1S/C29H33F3N4O6S2/c1-7-21(29(30,31)32)36-44(39,40)20-13-12-18(16-10-8-9-11-17(16)20)23-19(14-28(4,5)41-6)33-25(43-23)24-35-34-22(42-24)15-27(2,3)26(37)38/h8-13,21,36H,7,14-15H2,1-6H3,(H,37,38)/t21-/m0/s1. The molecule has 0 saturated carbocycles. The lowest BCUT2D eigenvalue weighted by molar-refractivity contribution is -0.151. The van der Waals surface area contributed by atoms with E-state index >= 15 is 0 Å². The Balaban J connectivity index is 1.84. The van der Waals surface area contributed by atoms with E-state index in [9.17, 15) is 31.5 Å². The molecule has 4 aromatic rings. The van der Waals surface area contributed by atoms with Crippen molar-refractivity contribution >= 4 is 38.1 Å². The molecule has 4 rings (SSSR count). The van der Waals surface area contributed by atoms with Crippen molar-refractivity contribution < 1.29 is 40.6 Å². The van der Waals surface area contributed by atoms with Crippen molar-refractivity contribution in [3.63, 3.8) is 0 Å². The van der Waals surface area contributed by atoms with E-state index in [2.05, 4.69) is 10.2 Å². The SMILES string of the molecule is CC[C@H](NS(=O)(=O)c1ccc(-c2sc(-c3nnc(CC(C)(C)C(=O)O)o3)nc2CC(C)(C)OC)c2ccccc12)C(F)(F)F.